The lowest BCUT2D eigenvalue weighted by molar-refractivity contribution is 0.0524. The van der Waals surface area contributed by atoms with Gasteiger partial charge in [-0.05, 0) is 42.3 Å². The van der Waals surface area contributed by atoms with Crippen LogP contribution in [0.5, 0.6) is 0 Å². The Hall–Kier alpha value is -2.92. The summed E-state index contributed by atoms with van der Waals surface area (Å²) in [7, 11) is 0. The quantitative estimate of drug-likeness (QED) is 0.690. The van der Waals surface area contributed by atoms with E-state index in [9.17, 15) is 9.59 Å². The Morgan fingerprint density at radius 3 is 2.80 bits per heavy atom. The van der Waals surface area contributed by atoms with Gasteiger partial charge < -0.3 is 14.0 Å². The van der Waals surface area contributed by atoms with Gasteiger partial charge in [0.15, 0.2) is 0 Å². The molecule has 1 aromatic heterocycles. The Morgan fingerprint density at radius 1 is 1.16 bits per heavy atom. The number of fused-ring (bicyclic) bond motifs is 2. The zero-order valence-corrected chi connectivity index (χ0v) is 13.8. The Balaban J connectivity index is 1.98. The molecule has 0 atom stereocenters. The molecule has 2 heterocycles. The molecule has 1 aliphatic rings. The number of nitrogens with zero attached hydrogens (tertiary/aromatic N) is 1. The van der Waals surface area contributed by atoms with Gasteiger partial charge in [0.2, 0.25) is 5.43 Å². The van der Waals surface area contributed by atoms with Crippen molar-refractivity contribution >= 4 is 16.9 Å². The van der Waals surface area contributed by atoms with Crippen LogP contribution in [0.1, 0.15) is 28.4 Å². The molecular formula is C20H17NO4. The lowest BCUT2D eigenvalue weighted by Gasteiger charge is -2.14. The predicted molar refractivity (Wildman–Crippen MR) is 94.0 cm³/mol. The van der Waals surface area contributed by atoms with Crippen LogP contribution in [-0.2, 0) is 22.7 Å². The molecule has 1 aliphatic heterocycles. The van der Waals surface area contributed by atoms with Crippen LogP contribution in [0.3, 0.4) is 0 Å². The van der Waals surface area contributed by atoms with Crippen LogP contribution in [0.15, 0.2) is 53.5 Å². The summed E-state index contributed by atoms with van der Waals surface area (Å²) in [5.74, 6) is -0.600. The third-order valence-electron chi connectivity index (χ3n) is 4.39. The topological polar surface area (TPSA) is 57.5 Å². The summed E-state index contributed by atoms with van der Waals surface area (Å²) in [6, 6.07) is 13.3. The maximum Gasteiger partial charge on any atom is 0.343 e. The van der Waals surface area contributed by atoms with E-state index in [1.165, 1.54) is 5.56 Å². The fraction of sp³-hybridized carbons (Fsp3) is 0.200. The van der Waals surface area contributed by atoms with Crippen LogP contribution in [0.4, 0.5) is 0 Å². The fourth-order valence-electron chi connectivity index (χ4n) is 3.15. The summed E-state index contributed by atoms with van der Waals surface area (Å²) in [5, 5.41) is 0.491. The summed E-state index contributed by atoms with van der Waals surface area (Å²) in [5.41, 5.74) is 3.65. The number of para-hydroxylation sites is 1. The Labute approximate surface area is 144 Å². The van der Waals surface area contributed by atoms with E-state index in [4.69, 9.17) is 9.47 Å². The Bertz CT molecular complexity index is 1040. The molecule has 0 fully saturated rings. The summed E-state index contributed by atoms with van der Waals surface area (Å²) < 4.78 is 12.4. The van der Waals surface area contributed by atoms with Crippen LogP contribution in [0, 0.1) is 0 Å². The molecule has 3 aromatic rings. The minimum Gasteiger partial charge on any atom is -0.462 e. The van der Waals surface area contributed by atoms with Gasteiger partial charge in [-0.25, -0.2) is 4.79 Å². The molecule has 0 radical (unpaired) electrons. The molecule has 0 N–H and O–H groups in total. The first-order chi connectivity index (χ1) is 12.2. The van der Waals surface area contributed by atoms with Crippen molar-refractivity contribution in [3.05, 3.63) is 75.6 Å². The molecule has 2 aromatic carbocycles. The molecule has 0 bridgehead atoms. The Kier molecular flexibility index (Phi) is 3.86. The highest BCUT2D eigenvalue weighted by atomic mass is 16.5. The number of hydrogen-bond acceptors (Lipinski definition) is 4. The van der Waals surface area contributed by atoms with E-state index in [0.29, 0.717) is 18.6 Å². The van der Waals surface area contributed by atoms with Crippen LogP contribution in [-0.4, -0.2) is 17.1 Å². The zero-order chi connectivity index (χ0) is 17.4. The fourth-order valence-corrected chi connectivity index (χ4v) is 3.15. The lowest BCUT2D eigenvalue weighted by atomic mass is 10.1. The van der Waals surface area contributed by atoms with Crippen molar-refractivity contribution in [2.24, 2.45) is 0 Å². The molecule has 5 nitrogen and oxygen atoms in total. The second kappa shape index (κ2) is 6.18. The number of pyridine rings is 1. The van der Waals surface area contributed by atoms with E-state index < -0.39 is 5.97 Å². The smallest absolute Gasteiger partial charge is 0.343 e. The molecule has 0 unspecified atom stereocenters. The maximum atomic E-state index is 12.7. The summed E-state index contributed by atoms with van der Waals surface area (Å²) in [6.07, 6.45) is 1.57. The molecule has 0 spiro atoms. The van der Waals surface area contributed by atoms with Crippen LogP contribution in [0.25, 0.3) is 16.6 Å². The second-order valence-corrected chi connectivity index (χ2v) is 5.93. The normalized spacial score (nSPS) is 13.0. The van der Waals surface area contributed by atoms with Gasteiger partial charge in [-0.15, -0.1) is 0 Å². The molecule has 25 heavy (non-hydrogen) atoms. The van der Waals surface area contributed by atoms with Gasteiger partial charge >= 0.3 is 5.97 Å². The number of ether oxygens (including phenoxy) is 2. The maximum absolute atomic E-state index is 12.7. The standard InChI is InChI=1S/C20H17NO4/c1-2-25-20(23)17-10-21(18-6-4-3-5-16(18)19(17)22)15-8-7-13-11-24-12-14(13)9-15/h3-10H,2,11-12H2,1H3. The lowest BCUT2D eigenvalue weighted by Crippen LogP contribution is -2.20. The van der Waals surface area contributed by atoms with E-state index in [0.717, 1.165) is 16.8 Å². The van der Waals surface area contributed by atoms with Gasteiger partial charge in [-0.3, -0.25) is 4.79 Å². The van der Waals surface area contributed by atoms with Crippen molar-refractivity contribution in [1.29, 1.82) is 0 Å². The third-order valence-corrected chi connectivity index (χ3v) is 4.39. The largest absolute Gasteiger partial charge is 0.462 e. The number of carbonyl (C=O) groups is 1. The van der Waals surface area contributed by atoms with Gasteiger partial charge in [0.25, 0.3) is 0 Å². The number of aromatic nitrogens is 1. The molecule has 0 amide bonds. The van der Waals surface area contributed by atoms with E-state index in [2.05, 4.69) is 0 Å². The van der Waals surface area contributed by atoms with Crippen molar-refractivity contribution in [1.82, 2.24) is 4.57 Å². The molecule has 4 rings (SSSR count). The van der Waals surface area contributed by atoms with E-state index >= 15 is 0 Å². The van der Waals surface area contributed by atoms with Gasteiger partial charge in [0, 0.05) is 17.3 Å². The molecule has 126 valence electrons. The highest BCUT2D eigenvalue weighted by Gasteiger charge is 2.18. The van der Waals surface area contributed by atoms with E-state index in [1.807, 2.05) is 34.9 Å². The van der Waals surface area contributed by atoms with Crippen molar-refractivity contribution in [3.63, 3.8) is 0 Å². The third kappa shape index (κ3) is 2.62. The highest BCUT2D eigenvalue weighted by molar-refractivity contribution is 5.94. The molecule has 5 heteroatoms. The van der Waals surface area contributed by atoms with Crippen molar-refractivity contribution in [3.8, 4) is 5.69 Å². The highest BCUT2D eigenvalue weighted by Crippen LogP contribution is 2.25. The molecule has 0 saturated carbocycles. The first-order valence-corrected chi connectivity index (χ1v) is 8.20. The number of rotatable bonds is 3. The summed E-state index contributed by atoms with van der Waals surface area (Å²) >= 11 is 0. The minimum atomic E-state index is -0.600. The van der Waals surface area contributed by atoms with Crippen LogP contribution in [0.2, 0.25) is 0 Å². The average molecular weight is 335 g/mol. The van der Waals surface area contributed by atoms with E-state index in [-0.39, 0.29) is 17.6 Å². The van der Waals surface area contributed by atoms with Gasteiger partial charge in [-0.2, -0.15) is 0 Å². The van der Waals surface area contributed by atoms with Crippen LogP contribution >= 0.6 is 0 Å². The first-order valence-electron chi connectivity index (χ1n) is 8.20. The summed E-state index contributed by atoms with van der Waals surface area (Å²) in [4.78, 5) is 24.9. The molecule has 0 aliphatic carbocycles. The van der Waals surface area contributed by atoms with Gasteiger partial charge in [0.1, 0.15) is 5.56 Å². The average Bonchev–Trinajstić information content (AvgIpc) is 3.10. The summed E-state index contributed by atoms with van der Waals surface area (Å²) in [6.45, 7) is 3.14. The number of carbonyl (C=O) groups excluding carboxylic acids is 1. The SMILES string of the molecule is CCOC(=O)c1cn(-c2ccc3c(c2)COC3)c2ccccc2c1=O. The number of esters is 1. The zero-order valence-electron chi connectivity index (χ0n) is 13.8. The van der Waals surface area contributed by atoms with Crippen LogP contribution < -0.4 is 5.43 Å². The number of hydrogen-bond donors (Lipinski definition) is 0. The molecule has 0 saturated heterocycles. The first kappa shape index (κ1) is 15.6. The Morgan fingerprint density at radius 2 is 1.96 bits per heavy atom. The van der Waals surface area contributed by atoms with Crippen molar-refractivity contribution in [2.75, 3.05) is 6.61 Å². The minimum absolute atomic E-state index is 0.0392. The van der Waals surface area contributed by atoms with Crippen molar-refractivity contribution < 1.29 is 14.3 Å². The number of benzene rings is 2. The monoisotopic (exact) mass is 335 g/mol. The van der Waals surface area contributed by atoms with Gasteiger partial charge in [-0.1, -0.05) is 18.2 Å². The second-order valence-electron chi connectivity index (χ2n) is 5.93. The van der Waals surface area contributed by atoms with Gasteiger partial charge in [0.05, 0.1) is 25.3 Å². The predicted octanol–water partition coefficient (Wildman–Crippen LogP) is 3.20. The molecular weight excluding hydrogens is 318 g/mol. The van der Waals surface area contributed by atoms with Crippen molar-refractivity contribution in [2.45, 2.75) is 20.1 Å². The van der Waals surface area contributed by atoms with E-state index in [1.54, 1.807) is 25.3 Å².